The molecule has 1 rings (SSSR count). The zero-order valence-corrected chi connectivity index (χ0v) is 11.7. The van der Waals surface area contributed by atoms with E-state index in [0.29, 0.717) is 12.0 Å². The van der Waals surface area contributed by atoms with Gasteiger partial charge in [0.25, 0.3) is 0 Å². The maximum Gasteiger partial charge on any atom is 0.149 e. The summed E-state index contributed by atoms with van der Waals surface area (Å²) in [5, 5.41) is 0. The molecule has 0 saturated heterocycles. The molecular weight excluding hydrogens is 311 g/mol. The van der Waals surface area contributed by atoms with Crippen LogP contribution in [0.4, 0.5) is 4.39 Å². The molecule has 0 heterocycles. The van der Waals surface area contributed by atoms with Gasteiger partial charge in [-0.3, -0.25) is 11.3 Å². The van der Waals surface area contributed by atoms with E-state index in [1.54, 1.807) is 6.07 Å². The fourth-order valence-electron chi connectivity index (χ4n) is 1.50. The van der Waals surface area contributed by atoms with Crippen LogP contribution in [0.2, 0.25) is 0 Å². The second-order valence-electron chi connectivity index (χ2n) is 3.90. The van der Waals surface area contributed by atoms with E-state index in [9.17, 15) is 12.8 Å². The normalized spacial score (nSPS) is 13.6. The number of nitrogens with one attached hydrogen (secondary N) is 1. The molecule has 1 aromatic rings. The van der Waals surface area contributed by atoms with Gasteiger partial charge in [0.05, 0.1) is 5.75 Å². The zero-order chi connectivity index (χ0) is 13.1. The van der Waals surface area contributed by atoms with Crippen LogP contribution in [-0.4, -0.2) is 26.5 Å². The van der Waals surface area contributed by atoms with Gasteiger partial charge in [-0.2, -0.15) is 0 Å². The van der Waals surface area contributed by atoms with Crippen LogP contribution in [0, 0.1) is 5.82 Å². The summed E-state index contributed by atoms with van der Waals surface area (Å²) in [5.41, 5.74) is 3.11. The molecule has 0 bridgehead atoms. The first-order valence-corrected chi connectivity index (χ1v) is 7.75. The molecule has 1 aromatic carbocycles. The van der Waals surface area contributed by atoms with Gasteiger partial charge >= 0.3 is 0 Å². The van der Waals surface area contributed by atoms with E-state index < -0.39 is 15.9 Å². The lowest BCUT2D eigenvalue weighted by Gasteiger charge is -2.15. The van der Waals surface area contributed by atoms with Gasteiger partial charge in [0.1, 0.15) is 15.7 Å². The SMILES string of the molecule is CS(=O)(=O)CC(Cc1cc(F)ccc1Br)NN. The van der Waals surface area contributed by atoms with Crippen molar-refractivity contribution >= 4 is 25.8 Å². The third kappa shape index (κ3) is 5.12. The fraction of sp³-hybridized carbons (Fsp3) is 0.400. The predicted octanol–water partition coefficient (Wildman–Crippen LogP) is 1.01. The molecule has 17 heavy (non-hydrogen) atoms. The Bertz CT molecular complexity index is 493. The molecular formula is C10H14BrFN2O2S. The molecule has 1 unspecified atom stereocenters. The number of hydrogen-bond donors (Lipinski definition) is 2. The summed E-state index contributed by atoms with van der Waals surface area (Å²) in [6.07, 6.45) is 1.47. The van der Waals surface area contributed by atoms with E-state index in [-0.39, 0.29) is 11.6 Å². The highest BCUT2D eigenvalue weighted by atomic mass is 79.9. The van der Waals surface area contributed by atoms with Gasteiger partial charge in [-0.05, 0) is 30.2 Å². The van der Waals surface area contributed by atoms with E-state index in [4.69, 9.17) is 5.84 Å². The van der Waals surface area contributed by atoms with Crippen molar-refractivity contribution in [1.29, 1.82) is 0 Å². The quantitative estimate of drug-likeness (QED) is 0.626. The van der Waals surface area contributed by atoms with E-state index in [1.165, 1.54) is 12.1 Å². The topological polar surface area (TPSA) is 72.2 Å². The second-order valence-corrected chi connectivity index (χ2v) is 6.94. The lowest BCUT2D eigenvalue weighted by molar-refractivity contribution is 0.543. The minimum atomic E-state index is -3.13. The lowest BCUT2D eigenvalue weighted by atomic mass is 10.1. The Morgan fingerprint density at radius 1 is 1.53 bits per heavy atom. The Morgan fingerprint density at radius 3 is 2.71 bits per heavy atom. The standard InChI is InChI=1S/C10H14BrFN2O2S/c1-17(15,16)6-9(14-13)5-7-4-8(12)2-3-10(7)11/h2-4,9,14H,5-6,13H2,1H3. The summed E-state index contributed by atoms with van der Waals surface area (Å²) in [6.45, 7) is 0. The van der Waals surface area contributed by atoms with Crippen molar-refractivity contribution in [2.75, 3.05) is 12.0 Å². The van der Waals surface area contributed by atoms with Gasteiger partial charge in [-0.25, -0.2) is 12.8 Å². The monoisotopic (exact) mass is 324 g/mol. The summed E-state index contributed by atoms with van der Waals surface area (Å²) in [5.74, 6) is 4.84. The van der Waals surface area contributed by atoms with E-state index >= 15 is 0 Å². The Morgan fingerprint density at radius 2 is 2.18 bits per heavy atom. The van der Waals surface area contributed by atoms with Crippen LogP contribution in [0.15, 0.2) is 22.7 Å². The summed E-state index contributed by atoms with van der Waals surface area (Å²) < 4.78 is 36.1. The molecule has 0 aliphatic rings. The maximum atomic E-state index is 13.0. The van der Waals surface area contributed by atoms with Crippen LogP contribution in [0.5, 0.6) is 0 Å². The summed E-state index contributed by atoms with van der Waals surface area (Å²) in [7, 11) is -3.13. The molecule has 0 aliphatic carbocycles. The van der Waals surface area contributed by atoms with E-state index in [2.05, 4.69) is 21.4 Å². The van der Waals surface area contributed by atoms with Gasteiger partial charge in [-0.15, -0.1) is 0 Å². The molecule has 1 atom stereocenters. The van der Waals surface area contributed by atoms with Crippen molar-refractivity contribution in [2.24, 2.45) is 5.84 Å². The Hall–Kier alpha value is -0.500. The average Bonchev–Trinajstić information content (AvgIpc) is 2.20. The highest BCUT2D eigenvalue weighted by Crippen LogP contribution is 2.19. The Labute approximate surface area is 108 Å². The van der Waals surface area contributed by atoms with Crippen molar-refractivity contribution in [2.45, 2.75) is 12.5 Å². The van der Waals surface area contributed by atoms with Crippen molar-refractivity contribution in [3.05, 3.63) is 34.1 Å². The van der Waals surface area contributed by atoms with Crippen molar-refractivity contribution in [3.63, 3.8) is 0 Å². The number of rotatable bonds is 5. The summed E-state index contributed by atoms with van der Waals surface area (Å²) in [4.78, 5) is 0. The zero-order valence-electron chi connectivity index (χ0n) is 9.28. The molecule has 0 fully saturated rings. The van der Waals surface area contributed by atoms with Gasteiger partial charge < -0.3 is 0 Å². The van der Waals surface area contributed by atoms with Gasteiger partial charge in [0.15, 0.2) is 0 Å². The summed E-state index contributed by atoms with van der Waals surface area (Å²) >= 11 is 3.28. The fourth-order valence-corrected chi connectivity index (χ4v) is 2.85. The molecule has 7 heteroatoms. The third-order valence-electron chi connectivity index (χ3n) is 2.21. The van der Waals surface area contributed by atoms with Crippen molar-refractivity contribution in [1.82, 2.24) is 5.43 Å². The largest absolute Gasteiger partial charge is 0.271 e. The second kappa shape index (κ2) is 5.90. The van der Waals surface area contributed by atoms with E-state index in [1.807, 2.05) is 0 Å². The number of hydrogen-bond acceptors (Lipinski definition) is 4. The summed E-state index contributed by atoms with van der Waals surface area (Å²) in [6, 6.07) is 3.83. The molecule has 0 saturated carbocycles. The van der Waals surface area contributed by atoms with Crippen molar-refractivity contribution < 1.29 is 12.8 Å². The first kappa shape index (κ1) is 14.6. The van der Waals surface area contributed by atoms with E-state index in [0.717, 1.165) is 10.7 Å². The van der Waals surface area contributed by atoms with Crippen molar-refractivity contribution in [3.8, 4) is 0 Å². The first-order valence-electron chi connectivity index (χ1n) is 4.89. The van der Waals surface area contributed by atoms with Gasteiger partial charge in [-0.1, -0.05) is 15.9 Å². The minimum absolute atomic E-state index is 0.0908. The Kier molecular flexibility index (Phi) is 5.05. The Balaban J connectivity index is 2.84. The van der Waals surface area contributed by atoms with Crippen LogP contribution < -0.4 is 11.3 Å². The molecule has 0 amide bonds. The molecule has 0 aliphatic heterocycles. The number of nitrogens with two attached hydrogens (primary N) is 1. The first-order chi connectivity index (χ1) is 7.81. The smallest absolute Gasteiger partial charge is 0.149 e. The van der Waals surface area contributed by atoms with Crippen LogP contribution in [0.25, 0.3) is 0 Å². The van der Waals surface area contributed by atoms with Gasteiger partial charge in [0, 0.05) is 16.8 Å². The number of sulfone groups is 1. The maximum absolute atomic E-state index is 13.0. The third-order valence-corrected chi connectivity index (χ3v) is 4.00. The van der Waals surface area contributed by atoms with Crippen LogP contribution >= 0.6 is 15.9 Å². The highest BCUT2D eigenvalue weighted by molar-refractivity contribution is 9.10. The average molecular weight is 325 g/mol. The molecule has 3 N–H and O–H groups in total. The van der Waals surface area contributed by atoms with Crippen LogP contribution in [0.3, 0.4) is 0 Å². The van der Waals surface area contributed by atoms with Crippen LogP contribution in [0.1, 0.15) is 5.56 Å². The predicted molar refractivity (Wildman–Crippen MR) is 68.6 cm³/mol. The molecule has 0 radical (unpaired) electrons. The number of benzene rings is 1. The lowest BCUT2D eigenvalue weighted by Crippen LogP contribution is -2.41. The minimum Gasteiger partial charge on any atom is -0.271 e. The molecule has 96 valence electrons. The molecule has 4 nitrogen and oxygen atoms in total. The molecule has 0 spiro atoms. The van der Waals surface area contributed by atoms with Gasteiger partial charge in [0.2, 0.25) is 0 Å². The number of hydrazine groups is 1. The highest BCUT2D eigenvalue weighted by Gasteiger charge is 2.16. The molecule has 0 aromatic heterocycles. The van der Waals surface area contributed by atoms with Crippen LogP contribution in [-0.2, 0) is 16.3 Å². The number of halogens is 2.